The molecule has 100 valence electrons. The monoisotopic (exact) mass is 271 g/mol. The lowest BCUT2D eigenvalue weighted by molar-refractivity contribution is -0.389. The van der Waals surface area contributed by atoms with E-state index in [1.807, 2.05) is 0 Å². The van der Waals surface area contributed by atoms with Crippen molar-refractivity contribution >= 4 is 11.8 Å². The van der Waals surface area contributed by atoms with Gasteiger partial charge in [0.1, 0.15) is 11.6 Å². The van der Waals surface area contributed by atoms with E-state index in [0.717, 1.165) is 0 Å². The van der Waals surface area contributed by atoms with Crippen molar-refractivity contribution in [2.75, 3.05) is 6.61 Å². The van der Waals surface area contributed by atoms with Crippen LogP contribution < -0.4 is 0 Å². The number of hydrogen-bond acceptors (Lipinski definition) is 6. The number of nitro groups is 1. The van der Waals surface area contributed by atoms with Gasteiger partial charge in [0.25, 0.3) is 6.43 Å². The Balaban J connectivity index is 3.56. The molecule has 0 amide bonds. The van der Waals surface area contributed by atoms with Crippen LogP contribution in [0.2, 0.25) is 0 Å². The number of rotatable bonds is 4. The third kappa shape index (κ3) is 2.79. The summed E-state index contributed by atoms with van der Waals surface area (Å²) in [7, 11) is 0. The smallest absolute Gasteiger partial charge is 0.381 e. The van der Waals surface area contributed by atoms with Gasteiger partial charge in [-0.05, 0) is 16.8 Å². The molecule has 9 heteroatoms. The van der Waals surface area contributed by atoms with E-state index in [0.29, 0.717) is 6.20 Å². The minimum absolute atomic E-state index is 0.0691. The molecule has 7 nitrogen and oxygen atoms in total. The fraction of sp³-hybridized carbons (Fsp3) is 0.300. The first kappa shape index (κ1) is 14.4. The molecule has 0 fully saturated rings. The molecule has 0 unspecified atom stereocenters. The molecule has 0 saturated carbocycles. The molecule has 0 aliphatic heterocycles. The summed E-state index contributed by atoms with van der Waals surface area (Å²) < 4.78 is 30.3. The summed E-state index contributed by atoms with van der Waals surface area (Å²) in [6.07, 6.45) is -2.63. The first-order valence-electron chi connectivity index (χ1n) is 4.96. The summed E-state index contributed by atoms with van der Waals surface area (Å²) in [5, 5.41) is 19.3. The van der Waals surface area contributed by atoms with Gasteiger partial charge in [-0.15, -0.1) is 0 Å². The fourth-order valence-electron chi connectivity index (χ4n) is 1.36. The summed E-state index contributed by atoms with van der Waals surface area (Å²) in [4.78, 5) is 24.2. The maximum atomic E-state index is 12.9. The van der Waals surface area contributed by atoms with Gasteiger partial charge in [-0.2, -0.15) is 5.26 Å². The van der Waals surface area contributed by atoms with Gasteiger partial charge in [-0.25, -0.2) is 13.6 Å². The molecule has 0 spiro atoms. The molecule has 0 aliphatic rings. The van der Waals surface area contributed by atoms with E-state index in [1.165, 1.54) is 13.0 Å². The molecule has 0 saturated heterocycles. The van der Waals surface area contributed by atoms with E-state index in [-0.39, 0.29) is 6.61 Å². The van der Waals surface area contributed by atoms with Crippen molar-refractivity contribution in [3.05, 3.63) is 33.0 Å². The van der Waals surface area contributed by atoms with E-state index < -0.39 is 39.8 Å². The highest BCUT2D eigenvalue weighted by Crippen LogP contribution is 2.31. The van der Waals surface area contributed by atoms with Gasteiger partial charge in [-0.1, -0.05) is 0 Å². The quantitative estimate of drug-likeness (QED) is 0.470. The standard InChI is InChI=1S/C10H7F2N3O4/c1-2-19-10(16)6-4-14-9(15(17)18)5(3-13)7(6)8(11)12/h4,8H,2H2,1H3. The molecule has 19 heavy (non-hydrogen) atoms. The Kier molecular flexibility index (Phi) is 4.41. The van der Waals surface area contributed by atoms with Crippen LogP contribution in [0.5, 0.6) is 0 Å². The number of pyridine rings is 1. The molecular formula is C10H7F2N3O4. The summed E-state index contributed by atoms with van der Waals surface area (Å²) >= 11 is 0. The summed E-state index contributed by atoms with van der Waals surface area (Å²) in [5.41, 5.74) is -2.63. The highest BCUT2D eigenvalue weighted by Gasteiger charge is 2.31. The molecule has 1 aromatic rings. The molecule has 0 aliphatic carbocycles. The highest BCUT2D eigenvalue weighted by molar-refractivity contribution is 5.92. The SMILES string of the molecule is CCOC(=O)c1cnc([N+](=O)[O-])c(C#N)c1C(F)F. The van der Waals surface area contributed by atoms with Crippen LogP contribution in [0.3, 0.4) is 0 Å². The molecule has 0 N–H and O–H groups in total. The second-order valence-electron chi connectivity index (χ2n) is 3.17. The highest BCUT2D eigenvalue weighted by atomic mass is 19.3. The average Bonchev–Trinajstić information content (AvgIpc) is 2.36. The zero-order valence-corrected chi connectivity index (χ0v) is 9.59. The number of carbonyl (C=O) groups is 1. The lowest BCUT2D eigenvalue weighted by atomic mass is 10.0. The van der Waals surface area contributed by atoms with E-state index in [1.54, 1.807) is 0 Å². The minimum Gasteiger partial charge on any atom is -0.462 e. The zero-order chi connectivity index (χ0) is 14.6. The van der Waals surface area contributed by atoms with E-state index >= 15 is 0 Å². The van der Waals surface area contributed by atoms with Crippen molar-refractivity contribution in [2.24, 2.45) is 0 Å². The van der Waals surface area contributed by atoms with E-state index in [9.17, 15) is 23.7 Å². The van der Waals surface area contributed by atoms with Crippen molar-refractivity contribution in [1.29, 1.82) is 5.26 Å². The lowest BCUT2D eigenvalue weighted by Gasteiger charge is -2.08. The third-order valence-corrected chi connectivity index (χ3v) is 2.10. The number of halogens is 2. The Morgan fingerprint density at radius 2 is 2.32 bits per heavy atom. The van der Waals surface area contributed by atoms with E-state index in [2.05, 4.69) is 9.72 Å². The minimum atomic E-state index is -3.24. The van der Waals surface area contributed by atoms with Crippen molar-refractivity contribution < 1.29 is 23.2 Å². The van der Waals surface area contributed by atoms with Crippen molar-refractivity contribution in [1.82, 2.24) is 4.98 Å². The number of esters is 1. The second kappa shape index (κ2) is 5.81. The van der Waals surface area contributed by atoms with Crippen LogP contribution in [0.25, 0.3) is 0 Å². The third-order valence-electron chi connectivity index (χ3n) is 2.10. The molecule has 0 aromatic carbocycles. The lowest BCUT2D eigenvalue weighted by Crippen LogP contribution is -2.12. The molecule has 1 rings (SSSR count). The van der Waals surface area contributed by atoms with Gasteiger partial charge < -0.3 is 14.9 Å². The summed E-state index contributed by atoms with van der Waals surface area (Å²) in [6, 6.07) is 1.27. The van der Waals surface area contributed by atoms with Gasteiger partial charge in [-0.3, -0.25) is 0 Å². The largest absolute Gasteiger partial charge is 0.462 e. The van der Waals surface area contributed by atoms with Crippen LogP contribution >= 0.6 is 0 Å². The fourth-order valence-corrected chi connectivity index (χ4v) is 1.36. The van der Waals surface area contributed by atoms with Crippen LogP contribution in [0, 0.1) is 21.4 Å². The van der Waals surface area contributed by atoms with Crippen molar-refractivity contribution in [3.8, 4) is 6.07 Å². The number of nitriles is 1. The number of alkyl halides is 2. The Morgan fingerprint density at radius 1 is 1.68 bits per heavy atom. The predicted octanol–water partition coefficient (Wildman–Crippen LogP) is 1.98. The van der Waals surface area contributed by atoms with Crippen LogP contribution in [0.1, 0.15) is 34.8 Å². The Bertz CT molecular complexity index is 569. The van der Waals surface area contributed by atoms with Crippen LogP contribution in [-0.4, -0.2) is 22.5 Å². The first-order valence-corrected chi connectivity index (χ1v) is 4.96. The van der Waals surface area contributed by atoms with Gasteiger partial charge in [0.2, 0.25) is 0 Å². The first-order chi connectivity index (χ1) is 8.93. The van der Waals surface area contributed by atoms with Crippen molar-refractivity contribution in [3.63, 3.8) is 0 Å². The Morgan fingerprint density at radius 3 is 2.74 bits per heavy atom. The maximum Gasteiger partial charge on any atom is 0.381 e. The number of hydrogen-bond donors (Lipinski definition) is 0. The molecule has 1 heterocycles. The predicted molar refractivity (Wildman–Crippen MR) is 56.5 cm³/mol. The number of carbonyl (C=O) groups excluding carboxylic acids is 1. The van der Waals surface area contributed by atoms with Crippen LogP contribution in [-0.2, 0) is 4.74 Å². The maximum absolute atomic E-state index is 12.9. The van der Waals surface area contributed by atoms with Gasteiger partial charge in [0, 0.05) is 0 Å². The van der Waals surface area contributed by atoms with Crippen LogP contribution in [0.15, 0.2) is 6.20 Å². The molecule has 0 radical (unpaired) electrons. The zero-order valence-electron chi connectivity index (χ0n) is 9.59. The number of nitrogens with zero attached hydrogens (tertiary/aromatic N) is 3. The summed E-state index contributed by atoms with van der Waals surface area (Å²) in [6.45, 7) is 1.39. The van der Waals surface area contributed by atoms with Crippen LogP contribution in [0.4, 0.5) is 14.6 Å². The van der Waals surface area contributed by atoms with Gasteiger partial charge in [0.15, 0.2) is 11.8 Å². The molecule has 0 bridgehead atoms. The normalized spacial score (nSPS) is 10.1. The second-order valence-corrected chi connectivity index (χ2v) is 3.17. The number of ether oxygens (including phenoxy) is 1. The van der Waals surface area contributed by atoms with Gasteiger partial charge >= 0.3 is 11.8 Å². The van der Waals surface area contributed by atoms with E-state index in [4.69, 9.17) is 5.26 Å². The van der Waals surface area contributed by atoms with Gasteiger partial charge in [0.05, 0.1) is 12.2 Å². The molecule has 0 atom stereocenters. The molecular weight excluding hydrogens is 264 g/mol. The topological polar surface area (TPSA) is 106 Å². The summed E-state index contributed by atoms with van der Waals surface area (Å²) in [5.74, 6) is -2.14. The Labute approximate surface area is 105 Å². The van der Waals surface area contributed by atoms with Crippen molar-refractivity contribution in [2.45, 2.75) is 13.3 Å². The average molecular weight is 271 g/mol. The number of aromatic nitrogens is 1. The molecule has 1 aromatic heterocycles. The Hall–Kier alpha value is -2.63.